The van der Waals surface area contributed by atoms with Gasteiger partial charge in [-0.05, 0) is 43.1 Å². The highest BCUT2D eigenvalue weighted by molar-refractivity contribution is 9.10. The van der Waals surface area contributed by atoms with Crippen molar-refractivity contribution < 1.29 is 14.3 Å². The van der Waals surface area contributed by atoms with Gasteiger partial charge in [0.1, 0.15) is 5.60 Å². The third-order valence-electron chi connectivity index (χ3n) is 4.12. The second kappa shape index (κ2) is 8.88. The molecule has 0 fully saturated rings. The van der Waals surface area contributed by atoms with Crippen molar-refractivity contribution in [2.24, 2.45) is 0 Å². The van der Waals surface area contributed by atoms with Gasteiger partial charge in [0.15, 0.2) is 10.4 Å². The number of hydrogen-bond acceptors (Lipinski definition) is 7. The molecule has 3 heterocycles. The highest BCUT2D eigenvalue weighted by Gasteiger charge is 2.30. The molecule has 156 valence electrons. The molecule has 2 aromatic heterocycles. The summed E-state index contributed by atoms with van der Waals surface area (Å²) in [5, 5.41) is 4.61. The van der Waals surface area contributed by atoms with Crippen molar-refractivity contribution >= 4 is 56.5 Å². The van der Waals surface area contributed by atoms with Crippen LogP contribution in [0.1, 0.15) is 49.1 Å². The van der Waals surface area contributed by atoms with Crippen LogP contribution in [0.3, 0.4) is 0 Å². The lowest BCUT2D eigenvalue weighted by molar-refractivity contribution is 0.0235. The Labute approximate surface area is 186 Å². The predicted octanol–water partition coefficient (Wildman–Crippen LogP) is 3.54. The number of fused-ring (bicyclic) bond motifs is 1. The van der Waals surface area contributed by atoms with Crippen LogP contribution in [0.25, 0.3) is 0 Å². The van der Waals surface area contributed by atoms with E-state index in [1.165, 1.54) is 11.3 Å². The van der Waals surface area contributed by atoms with E-state index in [4.69, 9.17) is 17.0 Å². The summed E-state index contributed by atoms with van der Waals surface area (Å²) in [4.78, 5) is 35.9. The summed E-state index contributed by atoms with van der Waals surface area (Å²) in [5.41, 5.74) is 2.83. The van der Waals surface area contributed by atoms with Crippen LogP contribution in [0.5, 0.6) is 0 Å². The third-order valence-corrected chi connectivity index (χ3v) is 5.61. The first-order valence-corrected chi connectivity index (χ1v) is 11.2. The van der Waals surface area contributed by atoms with E-state index in [1.807, 2.05) is 30.7 Å². The van der Waals surface area contributed by atoms with Crippen LogP contribution in [0.15, 0.2) is 15.6 Å². The smallest absolute Gasteiger partial charge is 0.410 e. The standard InChI is InChI=1S/C18H22BrN5O3S2/c1-18(2,3)27-17(26)23-5-4-6-24-12(8-23)14(22-16(24)19)15(25)21-13(28)7-11-9-29-10-20-11/h9-10H,4-8H2,1-3H3,(H,21,25,28). The second-order valence-corrected chi connectivity index (χ2v) is 9.54. The van der Waals surface area contributed by atoms with E-state index in [2.05, 4.69) is 31.2 Å². The number of nitrogens with one attached hydrogen (secondary N) is 1. The van der Waals surface area contributed by atoms with Crippen LogP contribution in [0.2, 0.25) is 0 Å². The van der Waals surface area contributed by atoms with Crippen molar-refractivity contribution in [1.82, 2.24) is 24.8 Å². The first-order chi connectivity index (χ1) is 13.6. The summed E-state index contributed by atoms with van der Waals surface area (Å²) >= 11 is 10.2. The van der Waals surface area contributed by atoms with Gasteiger partial charge in [-0.1, -0.05) is 12.2 Å². The maximum absolute atomic E-state index is 12.8. The highest BCUT2D eigenvalue weighted by atomic mass is 79.9. The molecule has 0 spiro atoms. The van der Waals surface area contributed by atoms with Gasteiger partial charge in [-0.15, -0.1) is 11.3 Å². The van der Waals surface area contributed by atoms with Crippen molar-refractivity contribution in [3.63, 3.8) is 0 Å². The second-order valence-electron chi connectivity index (χ2n) is 7.62. The molecule has 0 saturated carbocycles. The summed E-state index contributed by atoms with van der Waals surface area (Å²) in [7, 11) is 0. The molecule has 1 N–H and O–H groups in total. The van der Waals surface area contributed by atoms with E-state index in [-0.39, 0.29) is 12.2 Å². The summed E-state index contributed by atoms with van der Waals surface area (Å²) < 4.78 is 7.95. The first kappa shape index (κ1) is 21.8. The molecule has 0 unspecified atom stereocenters. The van der Waals surface area contributed by atoms with Crippen LogP contribution in [0.4, 0.5) is 4.79 Å². The number of amides is 2. The molecule has 11 heteroatoms. The number of carbonyl (C=O) groups excluding carboxylic acids is 2. The van der Waals surface area contributed by atoms with Crippen LogP contribution >= 0.6 is 39.5 Å². The first-order valence-electron chi connectivity index (χ1n) is 9.08. The minimum Gasteiger partial charge on any atom is -0.444 e. The van der Waals surface area contributed by atoms with E-state index in [0.29, 0.717) is 34.9 Å². The summed E-state index contributed by atoms with van der Waals surface area (Å²) in [5.74, 6) is -0.397. The molecule has 1 aliphatic rings. The van der Waals surface area contributed by atoms with Gasteiger partial charge in [-0.25, -0.2) is 14.8 Å². The number of thiocarbonyl (C=S) groups is 1. The van der Waals surface area contributed by atoms with E-state index in [9.17, 15) is 9.59 Å². The zero-order valence-corrected chi connectivity index (χ0v) is 19.6. The van der Waals surface area contributed by atoms with Crippen LogP contribution < -0.4 is 5.32 Å². The van der Waals surface area contributed by atoms with Crippen LogP contribution in [0, 0.1) is 0 Å². The highest BCUT2D eigenvalue weighted by Crippen LogP contribution is 2.24. The topological polar surface area (TPSA) is 89.4 Å². The van der Waals surface area contributed by atoms with E-state index in [0.717, 1.165) is 12.1 Å². The molecule has 2 aromatic rings. The van der Waals surface area contributed by atoms with Crippen molar-refractivity contribution in [1.29, 1.82) is 0 Å². The number of carbonyl (C=O) groups is 2. The monoisotopic (exact) mass is 499 g/mol. The number of halogens is 1. The molecule has 2 amide bonds. The van der Waals surface area contributed by atoms with E-state index >= 15 is 0 Å². The van der Waals surface area contributed by atoms with Crippen molar-refractivity contribution in [2.75, 3.05) is 6.54 Å². The zero-order chi connectivity index (χ0) is 21.2. The maximum atomic E-state index is 12.8. The lowest BCUT2D eigenvalue weighted by atomic mass is 10.2. The molecular formula is C18H22BrN5O3S2. The fourth-order valence-electron chi connectivity index (χ4n) is 2.91. The zero-order valence-electron chi connectivity index (χ0n) is 16.4. The molecule has 0 bridgehead atoms. The molecule has 0 aliphatic carbocycles. The van der Waals surface area contributed by atoms with Crippen LogP contribution in [-0.4, -0.2) is 48.6 Å². The minimum atomic E-state index is -0.591. The molecule has 8 nitrogen and oxygen atoms in total. The minimum absolute atomic E-state index is 0.231. The number of imidazole rings is 1. The Hall–Kier alpha value is -1.85. The number of nitrogens with zero attached hydrogens (tertiary/aromatic N) is 4. The quantitative estimate of drug-likeness (QED) is 0.649. The van der Waals surface area contributed by atoms with Gasteiger partial charge < -0.3 is 19.5 Å². The number of hydrogen-bond donors (Lipinski definition) is 1. The molecule has 1 aliphatic heterocycles. The molecular weight excluding hydrogens is 478 g/mol. The van der Waals surface area contributed by atoms with Gasteiger partial charge >= 0.3 is 6.09 Å². The Balaban J connectivity index is 1.77. The van der Waals surface area contributed by atoms with Crippen molar-refractivity contribution in [3.8, 4) is 0 Å². The van der Waals surface area contributed by atoms with Crippen molar-refractivity contribution in [3.05, 3.63) is 32.7 Å². The van der Waals surface area contributed by atoms with Gasteiger partial charge in [0, 0.05) is 24.9 Å². The van der Waals surface area contributed by atoms with Crippen LogP contribution in [-0.2, 0) is 24.2 Å². The molecule has 29 heavy (non-hydrogen) atoms. The normalized spacial score (nSPS) is 14.1. The fourth-order valence-corrected chi connectivity index (χ4v) is 4.27. The number of aromatic nitrogens is 3. The average Bonchev–Trinajstić information content (AvgIpc) is 3.14. The summed E-state index contributed by atoms with van der Waals surface area (Å²) in [6.45, 7) is 6.88. The molecule has 0 atom stereocenters. The predicted molar refractivity (Wildman–Crippen MR) is 117 cm³/mol. The van der Waals surface area contributed by atoms with Gasteiger partial charge in [0.05, 0.1) is 28.4 Å². The van der Waals surface area contributed by atoms with Gasteiger partial charge in [0.25, 0.3) is 5.91 Å². The maximum Gasteiger partial charge on any atom is 0.410 e. The summed E-state index contributed by atoms with van der Waals surface area (Å²) in [6.07, 6.45) is 0.699. The number of ether oxygens (including phenoxy) is 1. The SMILES string of the molecule is CC(C)(C)OC(=O)N1CCCn2c(Br)nc(C(=O)NC(=S)Cc3cscn3)c2C1. The van der Waals surface area contributed by atoms with E-state index < -0.39 is 17.6 Å². The lowest BCUT2D eigenvalue weighted by Crippen LogP contribution is -2.37. The molecule has 0 saturated heterocycles. The van der Waals surface area contributed by atoms with Gasteiger partial charge in [0.2, 0.25) is 0 Å². The van der Waals surface area contributed by atoms with Gasteiger partial charge in [-0.2, -0.15) is 0 Å². The fraction of sp³-hybridized carbons (Fsp3) is 0.500. The average molecular weight is 500 g/mol. The van der Waals surface area contributed by atoms with E-state index in [1.54, 1.807) is 10.4 Å². The number of thiazole rings is 1. The summed E-state index contributed by atoms with van der Waals surface area (Å²) in [6, 6.07) is 0. The lowest BCUT2D eigenvalue weighted by Gasteiger charge is -2.26. The molecule has 0 radical (unpaired) electrons. The Morgan fingerprint density at radius 3 is 2.79 bits per heavy atom. The molecule has 3 rings (SSSR count). The number of rotatable bonds is 3. The Morgan fingerprint density at radius 2 is 2.14 bits per heavy atom. The Bertz CT molecular complexity index is 921. The molecule has 0 aromatic carbocycles. The Kier molecular flexibility index (Phi) is 6.69. The van der Waals surface area contributed by atoms with Gasteiger partial charge in [-0.3, -0.25) is 4.79 Å². The largest absolute Gasteiger partial charge is 0.444 e. The Morgan fingerprint density at radius 1 is 1.38 bits per heavy atom. The third kappa shape index (κ3) is 5.61. The van der Waals surface area contributed by atoms with Crippen molar-refractivity contribution in [2.45, 2.75) is 52.3 Å².